The van der Waals surface area contributed by atoms with Crippen molar-refractivity contribution in [3.8, 4) is 0 Å². The van der Waals surface area contributed by atoms with Crippen LogP contribution in [-0.2, 0) is 16.1 Å². The van der Waals surface area contributed by atoms with Crippen LogP contribution in [0.5, 0.6) is 0 Å². The summed E-state index contributed by atoms with van der Waals surface area (Å²) in [6.45, 7) is 0.291. The Labute approximate surface area is 121 Å². The number of ether oxygens (including phenoxy) is 2. The van der Waals surface area contributed by atoms with Gasteiger partial charge in [0.25, 0.3) is 0 Å². The van der Waals surface area contributed by atoms with Crippen molar-refractivity contribution in [2.45, 2.75) is 6.61 Å². The molecular formula is C17H14O4. The summed E-state index contributed by atoms with van der Waals surface area (Å²) in [6, 6.07) is 18.8. The first kappa shape index (κ1) is 13.4. The molecular weight excluding hydrogens is 268 g/mol. The summed E-state index contributed by atoms with van der Waals surface area (Å²) in [5, 5.41) is 0.870. The summed E-state index contributed by atoms with van der Waals surface area (Å²) in [7, 11) is 0. The van der Waals surface area contributed by atoms with Gasteiger partial charge < -0.3 is 13.9 Å². The van der Waals surface area contributed by atoms with Gasteiger partial charge in [0.2, 0.25) is 5.76 Å². The SMILES string of the molecule is O=C(OCOCc1ccccc1)c1cc2ccccc2o1. The maximum Gasteiger partial charge on any atom is 0.376 e. The lowest BCUT2D eigenvalue weighted by molar-refractivity contribution is -0.0398. The summed E-state index contributed by atoms with van der Waals surface area (Å²) in [4.78, 5) is 11.8. The van der Waals surface area contributed by atoms with Crippen LogP contribution >= 0.6 is 0 Å². The number of hydrogen-bond donors (Lipinski definition) is 0. The van der Waals surface area contributed by atoms with E-state index < -0.39 is 5.97 Å². The number of para-hydroxylation sites is 1. The van der Waals surface area contributed by atoms with Crippen LogP contribution in [0.4, 0.5) is 0 Å². The molecule has 0 saturated heterocycles. The van der Waals surface area contributed by atoms with Gasteiger partial charge in [-0.2, -0.15) is 0 Å². The third-order valence-electron chi connectivity index (χ3n) is 3.01. The van der Waals surface area contributed by atoms with Crippen molar-refractivity contribution >= 4 is 16.9 Å². The zero-order valence-corrected chi connectivity index (χ0v) is 11.3. The number of carbonyl (C=O) groups excluding carboxylic acids is 1. The van der Waals surface area contributed by atoms with Crippen LogP contribution in [0.15, 0.2) is 65.1 Å². The number of rotatable bonds is 5. The maximum atomic E-state index is 11.8. The Kier molecular flexibility index (Phi) is 3.98. The number of fused-ring (bicyclic) bond motifs is 1. The van der Waals surface area contributed by atoms with Crippen molar-refractivity contribution in [3.63, 3.8) is 0 Å². The molecule has 0 aliphatic heterocycles. The second-order valence-corrected chi connectivity index (χ2v) is 4.53. The Bertz CT molecular complexity index is 698. The van der Waals surface area contributed by atoms with E-state index in [2.05, 4.69) is 0 Å². The van der Waals surface area contributed by atoms with Gasteiger partial charge in [0.15, 0.2) is 6.79 Å². The molecule has 0 aliphatic rings. The van der Waals surface area contributed by atoms with Gasteiger partial charge >= 0.3 is 5.97 Å². The van der Waals surface area contributed by atoms with Gasteiger partial charge in [0.1, 0.15) is 5.58 Å². The van der Waals surface area contributed by atoms with Crippen LogP contribution in [0.2, 0.25) is 0 Å². The molecule has 0 radical (unpaired) electrons. The van der Waals surface area contributed by atoms with Crippen molar-refractivity contribution < 1.29 is 18.7 Å². The zero-order chi connectivity index (χ0) is 14.5. The van der Waals surface area contributed by atoms with Crippen LogP contribution in [0.25, 0.3) is 11.0 Å². The summed E-state index contributed by atoms with van der Waals surface area (Å²) < 4.78 is 15.7. The minimum Gasteiger partial charge on any atom is -0.449 e. The van der Waals surface area contributed by atoms with E-state index in [9.17, 15) is 4.79 Å². The van der Waals surface area contributed by atoms with E-state index in [1.165, 1.54) is 0 Å². The number of esters is 1. The second kappa shape index (κ2) is 6.24. The molecule has 4 heteroatoms. The Hall–Kier alpha value is -2.59. The summed E-state index contributed by atoms with van der Waals surface area (Å²) in [6.07, 6.45) is 0. The highest BCUT2D eigenvalue weighted by Crippen LogP contribution is 2.19. The minimum absolute atomic E-state index is 0.106. The lowest BCUT2D eigenvalue weighted by Gasteiger charge is -2.04. The average Bonchev–Trinajstić information content (AvgIpc) is 2.96. The summed E-state index contributed by atoms with van der Waals surface area (Å²) in [5.74, 6) is -0.348. The number of furan rings is 1. The van der Waals surface area contributed by atoms with E-state index in [-0.39, 0.29) is 12.6 Å². The molecule has 2 aromatic carbocycles. The third-order valence-corrected chi connectivity index (χ3v) is 3.01. The molecule has 0 amide bonds. The molecule has 4 nitrogen and oxygen atoms in total. The summed E-state index contributed by atoms with van der Waals surface area (Å²) >= 11 is 0. The first-order valence-electron chi connectivity index (χ1n) is 6.60. The first-order chi connectivity index (χ1) is 10.3. The fourth-order valence-electron chi connectivity index (χ4n) is 1.98. The lowest BCUT2D eigenvalue weighted by atomic mass is 10.2. The van der Waals surface area contributed by atoms with Gasteiger partial charge in [0.05, 0.1) is 6.61 Å². The normalized spacial score (nSPS) is 10.7. The predicted octanol–water partition coefficient (Wildman–Crippen LogP) is 3.76. The molecule has 0 bridgehead atoms. The van der Waals surface area contributed by atoms with E-state index in [1.54, 1.807) is 12.1 Å². The molecule has 0 saturated carbocycles. The highest BCUT2D eigenvalue weighted by atomic mass is 16.7. The smallest absolute Gasteiger partial charge is 0.376 e. The topological polar surface area (TPSA) is 48.7 Å². The van der Waals surface area contributed by atoms with Crippen LogP contribution in [0, 0.1) is 0 Å². The van der Waals surface area contributed by atoms with Crippen LogP contribution in [0.3, 0.4) is 0 Å². The fourth-order valence-corrected chi connectivity index (χ4v) is 1.98. The van der Waals surface area contributed by atoms with Crippen LogP contribution < -0.4 is 0 Å². The van der Waals surface area contributed by atoms with Crippen molar-refractivity contribution in [2.24, 2.45) is 0 Å². The quantitative estimate of drug-likeness (QED) is 0.406. The number of hydrogen-bond acceptors (Lipinski definition) is 4. The van der Waals surface area contributed by atoms with E-state index in [4.69, 9.17) is 13.9 Å². The van der Waals surface area contributed by atoms with E-state index >= 15 is 0 Å². The monoisotopic (exact) mass is 282 g/mol. The molecule has 1 heterocycles. The van der Waals surface area contributed by atoms with Gasteiger partial charge in [-0.1, -0.05) is 48.5 Å². The van der Waals surface area contributed by atoms with Gasteiger partial charge in [-0.05, 0) is 17.7 Å². The Balaban J connectivity index is 1.52. The molecule has 106 valence electrons. The van der Waals surface area contributed by atoms with Gasteiger partial charge in [-0.15, -0.1) is 0 Å². The molecule has 0 spiro atoms. The highest BCUT2D eigenvalue weighted by Gasteiger charge is 2.13. The van der Waals surface area contributed by atoms with Gasteiger partial charge in [-0.3, -0.25) is 0 Å². The van der Waals surface area contributed by atoms with E-state index in [0.717, 1.165) is 10.9 Å². The van der Waals surface area contributed by atoms with Gasteiger partial charge in [0, 0.05) is 5.39 Å². The molecule has 1 aromatic heterocycles. The second-order valence-electron chi connectivity index (χ2n) is 4.53. The standard InChI is InChI=1S/C17H14O4/c18-17(16-10-14-8-4-5-9-15(14)21-16)20-12-19-11-13-6-2-1-3-7-13/h1-10H,11-12H2. The average molecular weight is 282 g/mol. The molecule has 0 aliphatic carbocycles. The largest absolute Gasteiger partial charge is 0.449 e. The van der Waals surface area contributed by atoms with Crippen molar-refractivity contribution in [3.05, 3.63) is 72.0 Å². The van der Waals surface area contributed by atoms with Crippen LogP contribution in [0.1, 0.15) is 16.1 Å². The lowest BCUT2D eigenvalue weighted by Crippen LogP contribution is -2.07. The number of benzene rings is 2. The molecule has 0 atom stereocenters. The van der Waals surface area contributed by atoms with Crippen molar-refractivity contribution in [2.75, 3.05) is 6.79 Å². The zero-order valence-electron chi connectivity index (χ0n) is 11.3. The first-order valence-corrected chi connectivity index (χ1v) is 6.60. The highest BCUT2D eigenvalue weighted by molar-refractivity contribution is 5.92. The predicted molar refractivity (Wildman–Crippen MR) is 77.7 cm³/mol. The van der Waals surface area contributed by atoms with Crippen molar-refractivity contribution in [1.82, 2.24) is 0 Å². The van der Waals surface area contributed by atoms with Crippen molar-refractivity contribution in [1.29, 1.82) is 0 Å². The molecule has 0 unspecified atom stereocenters. The van der Waals surface area contributed by atoms with E-state index in [0.29, 0.717) is 12.2 Å². The Morgan fingerprint density at radius 1 is 1.00 bits per heavy atom. The van der Waals surface area contributed by atoms with E-state index in [1.807, 2.05) is 48.5 Å². The third kappa shape index (κ3) is 3.30. The number of carbonyl (C=O) groups is 1. The minimum atomic E-state index is -0.528. The molecule has 0 N–H and O–H groups in total. The molecule has 3 aromatic rings. The maximum absolute atomic E-state index is 11.8. The molecule has 21 heavy (non-hydrogen) atoms. The molecule has 0 fully saturated rings. The molecule has 3 rings (SSSR count). The Morgan fingerprint density at radius 2 is 1.76 bits per heavy atom. The fraction of sp³-hybridized carbons (Fsp3) is 0.118. The Morgan fingerprint density at radius 3 is 2.57 bits per heavy atom. The summed E-state index contributed by atoms with van der Waals surface area (Å²) in [5.41, 5.74) is 1.69. The van der Waals surface area contributed by atoms with Gasteiger partial charge in [-0.25, -0.2) is 4.79 Å². The van der Waals surface area contributed by atoms with Crippen LogP contribution in [-0.4, -0.2) is 12.8 Å².